The number of Topliss-reactive ketones (excluding diaryl/α,β-unsaturated/α-hetero) is 1. The number of ether oxygens (including phenoxy) is 1. The zero-order chi connectivity index (χ0) is 13.9. The molecule has 0 bridgehead atoms. The summed E-state index contributed by atoms with van der Waals surface area (Å²) in [6.07, 6.45) is 0. The van der Waals surface area contributed by atoms with Crippen LogP contribution in [-0.4, -0.2) is 28.7 Å². The van der Waals surface area contributed by atoms with Gasteiger partial charge in [0.05, 0.1) is 0 Å². The minimum atomic E-state index is -1.22. The summed E-state index contributed by atoms with van der Waals surface area (Å²) in [5, 5.41) is 3.61. The molecule has 0 aliphatic heterocycles. The van der Waals surface area contributed by atoms with E-state index in [1.165, 1.54) is 27.7 Å². The lowest BCUT2D eigenvalue weighted by molar-refractivity contribution is -0.179. The lowest BCUT2D eigenvalue weighted by atomic mass is 10.1. The molecule has 0 fully saturated rings. The second-order valence-electron chi connectivity index (χ2n) is 5.34. The summed E-state index contributed by atoms with van der Waals surface area (Å²) in [5.41, 5.74) is -1.59. The van der Waals surface area contributed by atoms with Gasteiger partial charge in [-0.05, 0) is 41.5 Å². The van der Waals surface area contributed by atoms with Crippen molar-refractivity contribution >= 4 is 17.5 Å². The summed E-state index contributed by atoms with van der Waals surface area (Å²) in [6.45, 7) is 11.3. The quantitative estimate of drug-likeness (QED) is 0.431. The molecule has 0 atom stereocenters. The highest BCUT2D eigenvalue weighted by molar-refractivity contribution is 6.37. The van der Waals surface area contributed by atoms with Gasteiger partial charge in [-0.2, -0.15) is 0 Å². The summed E-state index contributed by atoms with van der Waals surface area (Å²) in [4.78, 5) is 27.7. The van der Waals surface area contributed by atoms with Gasteiger partial charge in [0.25, 0.3) is 0 Å². The Balaban J connectivity index is 4.64. The molecule has 98 valence electrons. The van der Waals surface area contributed by atoms with E-state index in [1.54, 1.807) is 20.8 Å². The van der Waals surface area contributed by atoms with Crippen molar-refractivity contribution in [1.82, 2.24) is 0 Å². The van der Waals surface area contributed by atoms with Gasteiger partial charge in [-0.3, -0.25) is 4.79 Å². The first kappa shape index (κ1) is 15.6. The van der Waals surface area contributed by atoms with Gasteiger partial charge in [-0.15, -0.1) is 0 Å². The normalized spacial score (nSPS) is 13.2. The number of hydrogen-bond donors (Lipinski definition) is 0. The number of rotatable bonds is 4. The molecule has 0 aromatic rings. The number of nitrogens with zero attached hydrogens (tertiary/aromatic N) is 1. The first-order valence-electron chi connectivity index (χ1n) is 5.43. The molecular weight excluding hydrogens is 222 g/mol. The van der Waals surface area contributed by atoms with E-state index in [9.17, 15) is 9.59 Å². The van der Waals surface area contributed by atoms with E-state index in [4.69, 9.17) is 9.57 Å². The summed E-state index contributed by atoms with van der Waals surface area (Å²) < 4.78 is 5.18. The van der Waals surface area contributed by atoms with Crippen molar-refractivity contribution in [2.75, 3.05) is 0 Å². The third kappa shape index (κ3) is 6.04. The van der Waals surface area contributed by atoms with Crippen LogP contribution in [0.3, 0.4) is 0 Å². The van der Waals surface area contributed by atoms with Gasteiger partial charge in [0, 0.05) is 6.92 Å². The molecule has 5 nitrogen and oxygen atoms in total. The van der Waals surface area contributed by atoms with Crippen molar-refractivity contribution < 1.29 is 19.2 Å². The van der Waals surface area contributed by atoms with Gasteiger partial charge >= 0.3 is 5.97 Å². The topological polar surface area (TPSA) is 65.0 Å². The largest absolute Gasteiger partial charge is 0.457 e. The standard InChI is InChI=1S/C12H21NO4/c1-8(9(2)14)13-17-12(6,7)10(15)16-11(3,4)5/h1-7H3/b13-8+. The van der Waals surface area contributed by atoms with E-state index < -0.39 is 17.2 Å². The predicted molar refractivity (Wildman–Crippen MR) is 64.8 cm³/mol. The molecule has 17 heavy (non-hydrogen) atoms. The zero-order valence-corrected chi connectivity index (χ0v) is 11.6. The average molecular weight is 243 g/mol. The Kier molecular flexibility index (Phi) is 4.86. The molecule has 0 rings (SSSR count). The van der Waals surface area contributed by atoms with Crippen LogP contribution >= 0.6 is 0 Å². The predicted octanol–water partition coefficient (Wildman–Crippen LogP) is 2.09. The van der Waals surface area contributed by atoms with Crippen LogP contribution in [-0.2, 0) is 19.2 Å². The van der Waals surface area contributed by atoms with Crippen molar-refractivity contribution in [1.29, 1.82) is 0 Å². The molecule has 0 aromatic heterocycles. The fourth-order valence-electron chi connectivity index (χ4n) is 0.685. The maximum absolute atomic E-state index is 11.8. The van der Waals surface area contributed by atoms with Crippen molar-refractivity contribution in [3.8, 4) is 0 Å². The fourth-order valence-corrected chi connectivity index (χ4v) is 0.685. The smallest absolute Gasteiger partial charge is 0.353 e. The van der Waals surface area contributed by atoms with Crippen LogP contribution in [0.4, 0.5) is 0 Å². The van der Waals surface area contributed by atoms with Crippen LogP contribution < -0.4 is 0 Å². The van der Waals surface area contributed by atoms with Gasteiger partial charge in [-0.25, -0.2) is 4.79 Å². The van der Waals surface area contributed by atoms with E-state index in [0.717, 1.165) is 0 Å². The molecule has 0 saturated carbocycles. The Bertz CT molecular complexity index is 337. The van der Waals surface area contributed by atoms with Crippen molar-refractivity contribution in [3.63, 3.8) is 0 Å². The molecule has 0 radical (unpaired) electrons. The molecule has 0 amide bonds. The molecule has 0 unspecified atom stereocenters. The lowest BCUT2D eigenvalue weighted by Crippen LogP contribution is -2.40. The van der Waals surface area contributed by atoms with Crippen LogP contribution in [0, 0.1) is 0 Å². The first-order valence-corrected chi connectivity index (χ1v) is 5.43. The van der Waals surface area contributed by atoms with Crippen LogP contribution in [0.1, 0.15) is 48.5 Å². The fraction of sp³-hybridized carbons (Fsp3) is 0.750. The Morgan fingerprint density at radius 3 is 1.82 bits per heavy atom. The zero-order valence-electron chi connectivity index (χ0n) is 11.6. The molecule has 0 spiro atoms. The highest BCUT2D eigenvalue weighted by Crippen LogP contribution is 2.17. The number of hydrogen-bond acceptors (Lipinski definition) is 5. The monoisotopic (exact) mass is 243 g/mol. The third-order valence-electron chi connectivity index (χ3n) is 1.81. The van der Waals surface area contributed by atoms with Crippen LogP contribution in [0.25, 0.3) is 0 Å². The van der Waals surface area contributed by atoms with Crippen molar-refractivity contribution in [2.24, 2.45) is 5.16 Å². The third-order valence-corrected chi connectivity index (χ3v) is 1.81. The number of esters is 1. The van der Waals surface area contributed by atoms with Crippen LogP contribution in [0.2, 0.25) is 0 Å². The van der Waals surface area contributed by atoms with Crippen molar-refractivity contribution in [3.05, 3.63) is 0 Å². The van der Waals surface area contributed by atoms with Gasteiger partial charge < -0.3 is 9.57 Å². The van der Waals surface area contributed by atoms with Crippen molar-refractivity contribution in [2.45, 2.75) is 59.7 Å². The summed E-state index contributed by atoms with van der Waals surface area (Å²) >= 11 is 0. The van der Waals surface area contributed by atoms with Gasteiger partial charge in [-0.1, -0.05) is 5.16 Å². The number of carbonyl (C=O) groups is 2. The first-order chi connectivity index (χ1) is 7.46. The van der Waals surface area contributed by atoms with Gasteiger partial charge in [0.2, 0.25) is 5.60 Å². The number of ketones is 1. The summed E-state index contributed by atoms with van der Waals surface area (Å²) in [5.74, 6) is -0.727. The van der Waals surface area contributed by atoms with Gasteiger partial charge in [0.1, 0.15) is 11.3 Å². The van der Waals surface area contributed by atoms with Crippen LogP contribution in [0.5, 0.6) is 0 Å². The molecular formula is C12H21NO4. The number of oxime groups is 1. The SMILES string of the molecule is CC(=O)/C(C)=N/OC(C)(C)C(=O)OC(C)(C)C. The molecule has 0 aliphatic carbocycles. The minimum absolute atomic E-state index is 0.204. The molecule has 0 N–H and O–H groups in total. The molecule has 0 saturated heterocycles. The average Bonchev–Trinajstić information content (AvgIpc) is 2.11. The molecule has 5 heteroatoms. The Morgan fingerprint density at radius 2 is 1.47 bits per heavy atom. The second kappa shape index (κ2) is 5.29. The summed E-state index contributed by atoms with van der Waals surface area (Å²) in [6, 6.07) is 0. The Morgan fingerprint density at radius 1 is 1.00 bits per heavy atom. The van der Waals surface area contributed by atoms with Crippen LogP contribution in [0.15, 0.2) is 5.16 Å². The molecule has 0 aliphatic rings. The maximum Gasteiger partial charge on any atom is 0.353 e. The molecule has 0 aromatic carbocycles. The summed E-state index contributed by atoms with van der Waals surface area (Å²) in [7, 11) is 0. The van der Waals surface area contributed by atoms with Gasteiger partial charge in [0.15, 0.2) is 5.78 Å². The Labute approximate surface area is 102 Å². The lowest BCUT2D eigenvalue weighted by Gasteiger charge is -2.26. The van der Waals surface area contributed by atoms with E-state index in [-0.39, 0.29) is 11.5 Å². The number of carbonyl (C=O) groups excluding carboxylic acids is 2. The molecule has 0 heterocycles. The van der Waals surface area contributed by atoms with E-state index >= 15 is 0 Å². The van der Waals surface area contributed by atoms with E-state index in [0.29, 0.717) is 0 Å². The highest BCUT2D eigenvalue weighted by atomic mass is 16.7. The van der Waals surface area contributed by atoms with E-state index in [2.05, 4.69) is 5.16 Å². The maximum atomic E-state index is 11.8. The Hall–Kier alpha value is -1.39. The minimum Gasteiger partial charge on any atom is -0.457 e. The highest BCUT2D eigenvalue weighted by Gasteiger charge is 2.35. The second-order valence-corrected chi connectivity index (χ2v) is 5.34. The van der Waals surface area contributed by atoms with E-state index in [1.807, 2.05) is 0 Å².